The fourth-order valence-electron chi connectivity index (χ4n) is 1.93. The van der Waals surface area contributed by atoms with E-state index in [0.717, 1.165) is 27.1 Å². The predicted molar refractivity (Wildman–Crippen MR) is 91.3 cm³/mol. The number of carboxylic acids is 1. The average molecular weight is 390 g/mol. The SMILES string of the molecule is CCSCC(C)n1c(SCC(=O)O)nc2cc(Br)cnc21. The summed E-state index contributed by atoms with van der Waals surface area (Å²) < 4.78 is 2.91. The number of rotatable bonds is 7. The Labute approximate surface area is 140 Å². The molecule has 0 aromatic carbocycles. The zero-order chi connectivity index (χ0) is 15.4. The maximum Gasteiger partial charge on any atom is 0.313 e. The van der Waals surface area contributed by atoms with E-state index in [0.29, 0.717) is 5.16 Å². The Kier molecular flexibility index (Phi) is 5.95. The van der Waals surface area contributed by atoms with Crippen LogP contribution in [0.25, 0.3) is 11.2 Å². The van der Waals surface area contributed by atoms with Gasteiger partial charge >= 0.3 is 5.97 Å². The van der Waals surface area contributed by atoms with Crippen LogP contribution >= 0.6 is 39.5 Å². The van der Waals surface area contributed by atoms with Gasteiger partial charge in [0.2, 0.25) is 0 Å². The third-order valence-corrected chi connectivity index (χ3v) is 5.29. The second-order valence-electron chi connectivity index (χ2n) is 4.45. The molecular weight excluding hydrogens is 374 g/mol. The molecule has 0 saturated carbocycles. The van der Waals surface area contributed by atoms with Gasteiger partial charge in [-0.15, -0.1) is 0 Å². The van der Waals surface area contributed by atoms with Crippen LogP contribution in [0.5, 0.6) is 0 Å². The molecule has 2 heterocycles. The Morgan fingerprint density at radius 3 is 3.00 bits per heavy atom. The zero-order valence-corrected chi connectivity index (χ0v) is 15.0. The van der Waals surface area contributed by atoms with E-state index in [1.54, 1.807) is 6.20 Å². The van der Waals surface area contributed by atoms with E-state index in [2.05, 4.69) is 39.7 Å². The molecule has 2 aromatic rings. The molecule has 5 nitrogen and oxygen atoms in total. The summed E-state index contributed by atoms with van der Waals surface area (Å²) in [7, 11) is 0. The first-order chi connectivity index (χ1) is 10.0. The topological polar surface area (TPSA) is 68.0 Å². The molecule has 0 aliphatic rings. The van der Waals surface area contributed by atoms with Gasteiger partial charge in [-0.1, -0.05) is 18.7 Å². The number of carbonyl (C=O) groups is 1. The summed E-state index contributed by atoms with van der Waals surface area (Å²) in [6.07, 6.45) is 1.74. The summed E-state index contributed by atoms with van der Waals surface area (Å²) in [6, 6.07) is 2.12. The number of hydrogen-bond acceptors (Lipinski definition) is 5. The van der Waals surface area contributed by atoms with Crippen molar-refractivity contribution in [2.24, 2.45) is 0 Å². The van der Waals surface area contributed by atoms with Gasteiger partial charge in [0.05, 0.1) is 5.75 Å². The van der Waals surface area contributed by atoms with Gasteiger partial charge in [0.15, 0.2) is 10.8 Å². The Bertz CT molecular complexity index is 648. The highest BCUT2D eigenvalue weighted by Crippen LogP contribution is 2.29. The number of fused-ring (bicyclic) bond motifs is 1. The van der Waals surface area contributed by atoms with Crippen LogP contribution in [-0.2, 0) is 4.79 Å². The number of imidazole rings is 1. The van der Waals surface area contributed by atoms with Crippen molar-refractivity contribution in [3.8, 4) is 0 Å². The molecule has 1 unspecified atom stereocenters. The van der Waals surface area contributed by atoms with Crippen molar-refractivity contribution < 1.29 is 9.90 Å². The minimum absolute atomic E-state index is 0.00185. The van der Waals surface area contributed by atoms with E-state index >= 15 is 0 Å². The van der Waals surface area contributed by atoms with Gasteiger partial charge in [-0.2, -0.15) is 11.8 Å². The largest absolute Gasteiger partial charge is 0.481 e. The molecule has 8 heteroatoms. The van der Waals surface area contributed by atoms with E-state index in [1.165, 1.54) is 11.8 Å². The lowest BCUT2D eigenvalue weighted by molar-refractivity contribution is -0.133. The normalized spacial score (nSPS) is 12.7. The molecule has 21 heavy (non-hydrogen) atoms. The third kappa shape index (κ3) is 4.14. The van der Waals surface area contributed by atoms with Crippen molar-refractivity contribution in [1.82, 2.24) is 14.5 Å². The number of thioether (sulfide) groups is 2. The quantitative estimate of drug-likeness (QED) is 0.728. The lowest BCUT2D eigenvalue weighted by Gasteiger charge is -2.15. The smallest absolute Gasteiger partial charge is 0.313 e. The van der Waals surface area contributed by atoms with Crippen LogP contribution in [0.4, 0.5) is 0 Å². The summed E-state index contributed by atoms with van der Waals surface area (Å²) in [6.45, 7) is 4.23. The number of halogens is 1. The van der Waals surface area contributed by atoms with Crippen LogP contribution in [0.2, 0.25) is 0 Å². The van der Waals surface area contributed by atoms with Crippen molar-refractivity contribution >= 4 is 56.6 Å². The Hall–Kier alpha value is -0.730. The van der Waals surface area contributed by atoms with E-state index in [-0.39, 0.29) is 11.8 Å². The molecule has 0 spiro atoms. The van der Waals surface area contributed by atoms with Gasteiger partial charge in [0.25, 0.3) is 0 Å². The molecule has 0 fully saturated rings. The van der Waals surface area contributed by atoms with E-state index in [1.807, 2.05) is 22.4 Å². The highest BCUT2D eigenvalue weighted by atomic mass is 79.9. The summed E-state index contributed by atoms with van der Waals surface area (Å²) in [4.78, 5) is 19.8. The number of carboxylic acid groups (broad SMARTS) is 1. The predicted octanol–water partition coefficient (Wildman–Crippen LogP) is 3.68. The van der Waals surface area contributed by atoms with Gasteiger partial charge in [-0.25, -0.2) is 9.97 Å². The van der Waals surface area contributed by atoms with Crippen LogP contribution in [0, 0.1) is 0 Å². The molecule has 0 bridgehead atoms. The van der Waals surface area contributed by atoms with E-state index in [4.69, 9.17) is 5.11 Å². The molecule has 1 N–H and O–H groups in total. The Morgan fingerprint density at radius 1 is 1.57 bits per heavy atom. The third-order valence-electron chi connectivity index (χ3n) is 2.79. The Balaban J connectivity index is 2.41. The highest BCUT2D eigenvalue weighted by Gasteiger charge is 2.18. The van der Waals surface area contributed by atoms with Crippen molar-refractivity contribution in [1.29, 1.82) is 0 Å². The molecular formula is C13H16BrN3O2S2. The van der Waals surface area contributed by atoms with Crippen LogP contribution in [0.3, 0.4) is 0 Å². The van der Waals surface area contributed by atoms with E-state index in [9.17, 15) is 4.79 Å². The molecule has 2 rings (SSSR count). The standard InChI is InChI=1S/C13H16BrN3O2S2/c1-3-20-6-8(2)17-12-10(4-9(14)5-15-12)16-13(17)21-7-11(18)19/h4-5,8H,3,6-7H2,1-2H3,(H,18,19). The van der Waals surface area contributed by atoms with E-state index < -0.39 is 5.97 Å². The summed E-state index contributed by atoms with van der Waals surface area (Å²) >= 11 is 6.47. The van der Waals surface area contributed by atoms with Crippen LogP contribution in [0.1, 0.15) is 19.9 Å². The molecule has 0 aliphatic heterocycles. The van der Waals surface area contributed by atoms with Crippen molar-refractivity contribution in [3.63, 3.8) is 0 Å². The molecule has 0 saturated heterocycles. The lowest BCUT2D eigenvalue weighted by Crippen LogP contribution is -2.11. The summed E-state index contributed by atoms with van der Waals surface area (Å²) in [5.74, 6) is 1.15. The van der Waals surface area contributed by atoms with Crippen LogP contribution in [0.15, 0.2) is 21.9 Å². The maximum atomic E-state index is 10.8. The number of pyridine rings is 1. The van der Waals surface area contributed by atoms with Gasteiger partial charge < -0.3 is 5.11 Å². The number of nitrogens with zero attached hydrogens (tertiary/aromatic N) is 3. The molecule has 0 radical (unpaired) electrons. The molecule has 0 amide bonds. The van der Waals surface area contributed by atoms with Crippen molar-refractivity contribution in [3.05, 3.63) is 16.7 Å². The Morgan fingerprint density at radius 2 is 2.33 bits per heavy atom. The number of aliphatic carboxylic acids is 1. The van der Waals surface area contributed by atoms with Crippen molar-refractivity contribution in [2.75, 3.05) is 17.3 Å². The molecule has 1 atom stereocenters. The van der Waals surface area contributed by atoms with Crippen LogP contribution < -0.4 is 0 Å². The second-order valence-corrected chi connectivity index (χ2v) is 7.63. The highest BCUT2D eigenvalue weighted by molar-refractivity contribution is 9.10. The summed E-state index contributed by atoms with van der Waals surface area (Å²) in [5.41, 5.74) is 1.58. The fraction of sp³-hybridized carbons (Fsp3) is 0.462. The number of hydrogen-bond donors (Lipinski definition) is 1. The molecule has 2 aromatic heterocycles. The maximum absolute atomic E-state index is 10.8. The number of aromatic nitrogens is 3. The first kappa shape index (κ1) is 16.6. The zero-order valence-electron chi connectivity index (χ0n) is 11.7. The first-order valence-electron chi connectivity index (χ1n) is 6.48. The molecule has 0 aliphatic carbocycles. The fourth-order valence-corrected chi connectivity index (χ4v) is 3.79. The van der Waals surface area contributed by atoms with Gasteiger partial charge in [-0.3, -0.25) is 9.36 Å². The van der Waals surface area contributed by atoms with Gasteiger partial charge in [0.1, 0.15) is 5.52 Å². The van der Waals surface area contributed by atoms with Gasteiger partial charge in [0, 0.05) is 22.5 Å². The minimum Gasteiger partial charge on any atom is -0.481 e. The molecule has 114 valence electrons. The second kappa shape index (κ2) is 7.51. The van der Waals surface area contributed by atoms with Crippen LogP contribution in [-0.4, -0.2) is 42.9 Å². The lowest BCUT2D eigenvalue weighted by atomic mass is 10.4. The summed E-state index contributed by atoms with van der Waals surface area (Å²) in [5, 5.41) is 9.59. The average Bonchev–Trinajstić information content (AvgIpc) is 2.79. The first-order valence-corrected chi connectivity index (χ1v) is 9.42. The van der Waals surface area contributed by atoms with Crippen molar-refractivity contribution in [2.45, 2.75) is 25.0 Å². The van der Waals surface area contributed by atoms with Gasteiger partial charge in [-0.05, 0) is 34.7 Å². The minimum atomic E-state index is -0.844. The monoisotopic (exact) mass is 389 g/mol.